The first kappa shape index (κ1) is 35.3. The third kappa shape index (κ3) is 5.42. The van der Waals surface area contributed by atoms with Crippen LogP contribution in [0.5, 0.6) is 0 Å². The van der Waals surface area contributed by atoms with Crippen molar-refractivity contribution in [3.8, 4) is 28.3 Å². The number of rotatable bonds is 5. The lowest BCUT2D eigenvalue weighted by Gasteiger charge is -2.44. The van der Waals surface area contributed by atoms with Gasteiger partial charge in [0.15, 0.2) is 0 Å². The fourth-order valence-electron chi connectivity index (χ4n) is 10.3. The van der Waals surface area contributed by atoms with Crippen molar-refractivity contribution in [3.63, 3.8) is 0 Å². The normalized spacial score (nSPS) is 12.7. The molecule has 2 aromatic heterocycles. The molecule has 5 nitrogen and oxygen atoms in total. The van der Waals surface area contributed by atoms with E-state index in [4.69, 9.17) is 9.97 Å². The molecular weight excluding hydrogens is 741 g/mol. The molecule has 0 amide bonds. The van der Waals surface area contributed by atoms with Gasteiger partial charge in [-0.2, -0.15) is 0 Å². The molecule has 8 aromatic carbocycles. The van der Waals surface area contributed by atoms with Gasteiger partial charge in [0.25, 0.3) is 6.71 Å². The molecule has 0 spiro atoms. The van der Waals surface area contributed by atoms with Crippen molar-refractivity contribution in [2.75, 3.05) is 9.80 Å². The highest BCUT2D eigenvalue weighted by atomic mass is 15.2. The highest BCUT2D eigenvalue weighted by Crippen LogP contribution is 2.45. The summed E-state index contributed by atoms with van der Waals surface area (Å²) in [7, 11) is 0. The number of pyridine rings is 1. The quantitative estimate of drug-likeness (QED) is 0.163. The van der Waals surface area contributed by atoms with Gasteiger partial charge in [0.1, 0.15) is 5.82 Å². The molecule has 0 aliphatic carbocycles. The topological polar surface area (TPSA) is 37.2 Å². The number of aromatic nitrogens is 3. The van der Waals surface area contributed by atoms with Gasteiger partial charge >= 0.3 is 0 Å². The van der Waals surface area contributed by atoms with Crippen molar-refractivity contribution < 1.29 is 0 Å². The predicted octanol–water partition coefficient (Wildman–Crippen LogP) is 11.9. The molecule has 61 heavy (non-hydrogen) atoms. The van der Waals surface area contributed by atoms with Crippen LogP contribution in [0.2, 0.25) is 0 Å². The number of hydrogen-bond donors (Lipinski definition) is 0. The van der Waals surface area contributed by atoms with Crippen molar-refractivity contribution in [2.24, 2.45) is 0 Å². The molecule has 0 saturated carbocycles. The van der Waals surface area contributed by atoms with Gasteiger partial charge in [-0.25, -0.2) is 4.98 Å². The van der Waals surface area contributed by atoms with E-state index >= 15 is 0 Å². The van der Waals surface area contributed by atoms with Crippen LogP contribution in [0.25, 0.3) is 50.1 Å². The van der Waals surface area contributed by atoms with Crippen LogP contribution >= 0.6 is 0 Å². The second-order valence-corrected chi connectivity index (χ2v) is 16.4. The van der Waals surface area contributed by atoms with Gasteiger partial charge < -0.3 is 9.80 Å². The predicted molar refractivity (Wildman–Crippen MR) is 255 cm³/mol. The third-order valence-electron chi connectivity index (χ3n) is 12.6. The van der Waals surface area contributed by atoms with Crippen LogP contribution in [0.15, 0.2) is 188 Å². The monoisotopic (exact) mass is 781 g/mol. The Bertz CT molecular complexity index is 3330. The first-order valence-corrected chi connectivity index (χ1v) is 21.0. The van der Waals surface area contributed by atoms with Crippen LogP contribution in [-0.4, -0.2) is 21.2 Å². The highest BCUT2D eigenvalue weighted by Gasteiger charge is 2.43. The number of anilines is 6. The van der Waals surface area contributed by atoms with Gasteiger partial charge in [0, 0.05) is 56.8 Å². The second-order valence-electron chi connectivity index (χ2n) is 16.4. The maximum absolute atomic E-state index is 5.43. The fraction of sp³-hybridized carbons (Fsp3) is 0.0545. The summed E-state index contributed by atoms with van der Waals surface area (Å²) in [6.45, 7) is 6.52. The summed E-state index contributed by atoms with van der Waals surface area (Å²) >= 11 is 0. The van der Waals surface area contributed by atoms with E-state index < -0.39 is 0 Å². The molecule has 6 heteroatoms. The zero-order valence-electron chi connectivity index (χ0n) is 34.2. The van der Waals surface area contributed by atoms with E-state index in [0.29, 0.717) is 0 Å². The number of imidazole rings is 1. The second kappa shape index (κ2) is 13.7. The summed E-state index contributed by atoms with van der Waals surface area (Å²) in [4.78, 5) is 15.4. The molecular formula is C55H40BN5. The molecule has 288 valence electrons. The third-order valence-corrected chi connectivity index (χ3v) is 12.6. The average molecular weight is 782 g/mol. The molecule has 0 fully saturated rings. The van der Waals surface area contributed by atoms with E-state index in [1.807, 2.05) is 6.20 Å². The zero-order chi connectivity index (χ0) is 40.8. The Hall–Kier alpha value is -7.70. The van der Waals surface area contributed by atoms with Gasteiger partial charge in [-0.05, 0) is 126 Å². The SMILES string of the molecule is Cc1cc(C)c(-n2c(-c3ccc4c(c3)B3c5cc(-c6nccc7ccccc67)ccc5N(c5ccccc5)c5cccc(c53)N4c3ccccc3)nc3ccccc32)c(C)c1. The lowest BCUT2D eigenvalue weighted by molar-refractivity contribution is 1.06. The molecule has 0 atom stereocenters. The minimum atomic E-state index is -0.0910. The van der Waals surface area contributed by atoms with Crippen LogP contribution in [0, 0.1) is 20.8 Å². The van der Waals surface area contributed by atoms with Gasteiger partial charge in [0.05, 0.1) is 22.4 Å². The summed E-state index contributed by atoms with van der Waals surface area (Å²) in [6, 6.07) is 66.1. The van der Waals surface area contributed by atoms with E-state index in [-0.39, 0.29) is 6.71 Å². The van der Waals surface area contributed by atoms with Crippen molar-refractivity contribution in [2.45, 2.75) is 20.8 Å². The summed E-state index contributed by atoms with van der Waals surface area (Å²) in [5.41, 5.74) is 20.8. The number of para-hydroxylation sites is 4. The summed E-state index contributed by atoms with van der Waals surface area (Å²) in [5, 5.41) is 2.32. The van der Waals surface area contributed by atoms with E-state index in [1.54, 1.807) is 0 Å². The number of aryl methyl sites for hydroxylation is 3. The van der Waals surface area contributed by atoms with Gasteiger partial charge in [-0.1, -0.05) is 115 Å². The molecule has 2 aliphatic rings. The maximum Gasteiger partial charge on any atom is 0.252 e. The molecule has 12 rings (SSSR count). The molecule has 0 radical (unpaired) electrons. The van der Waals surface area contributed by atoms with Crippen LogP contribution in [0.3, 0.4) is 0 Å². The maximum atomic E-state index is 5.43. The fourth-order valence-corrected chi connectivity index (χ4v) is 10.3. The van der Waals surface area contributed by atoms with Crippen molar-refractivity contribution >= 4 is 79.0 Å². The Morgan fingerprint density at radius 3 is 1.77 bits per heavy atom. The van der Waals surface area contributed by atoms with Crippen LogP contribution in [-0.2, 0) is 0 Å². The lowest BCUT2D eigenvalue weighted by atomic mass is 9.33. The van der Waals surface area contributed by atoms with Crippen molar-refractivity contribution in [3.05, 3.63) is 205 Å². The standard InChI is InChI=1S/C55H40BN5/c1-35-31-36(2)54(37(3)32-35)61-49-22-13-12-21-46(49)58-55(61)40-26-28-48-45(34-40)56-44-33-39(53-43-20-11-10-15-38(43)29-30-57-53)25-27-47(44)59(41-16-6-4-7-17-41)50-23-14-24-51(52(50)56)60(48)42-18-8-5-9-19-42/h4-34H,1-3H3. The first-order valence-electron chi connectivity index (χ1n) is 21.0. The van der Waals surface area contributed by atoms with Gasteiger partial charge in [-0.3, -0.25) is 9.55 Å². The Morgan fingerprint density at radius 1 is 0.492 bits per heavy atom. The number of benzene rings is 8. The minimum Gasteiger partial charge on any atom is -0.311 e. The zero-order valence-corrected chi connectivity index (χ0v) is 34.2. The van der Waals surface area contributed by atoms with Crippen molar-refractivity contribution in [1.82, 2.24) is 14.5 Å². The van der Waals surface area contributed by atoms with E-state index in [0.717, 1.165) is 61.8 Å². The minimum absolute atomic E-state index is 0.0910. The number of fused-ring (bicyclic) bond motifs is 6. The Morgan fingerprint density at radius 2 is 1.08 bits per heavy atom. The van der Waals surface area contributed by atoms with Crippen LogP contribution < -0.4 is 26.2 Å². The molecule has 2 aliphatic heterocycles. The van der Waals surface area contributed by atoms with Crippen LogP contribution in [0.1, 0.15) is 16.7 Å². The number of hydrogen-bond acceptors (Lipinski definition) is 4. The van der Waals surface area contributed by atoms with Gasteiger partial charge in [0.2, 0.25) is 0 Å². The molecule has 0 bridgehead atoms. The number of nitrogens with zero attached hydrogens (tertiary/aromatic N) is 5. The largest absolute Gasteiger partial charge is 0.311 e. The summed E-state index contributed by atoms with van der Waals surface area (Å²) in [6.07, 6.45) is 1.93. The first-order chi connectivity index (χ1) is 30.0. The molecule has 0 saturated heterocycles. The average Bonchev–Trinajstić information content (AvgIpc) is 3.67. The summed E-state index contributed by atoms with van der Waals surface area (Å²) in [5.74, 6) is 0.931. The molecule has 0 unspecified atom stereocenters. The lowest BCUT2D eigenvalue weighted by Crippen LogP contribution is -2.61. The Balaban J connectivity index is 1.16. The molecule has 10 aromatic rings. The summed E-state index contributed by atoms with van der Waals surface area (Å²) < 4.78 is 2.38. The molecule has 4 heterocycles. The van der Waals surface area contributed by atoms with E-state index in [9.17, 15) is 0 Å². The molecule has 0 N–H and O–H groups in total. The Labute approximate surface area is 355 Å². The van der Waals surface area contributed by atoms with E-state index in [2.05, 4.69) is 217 Å². The van der Waals surface area contributed by atoms with Gasteiger partial charge in [-0.15, -0.1) is 0 Å². The van der Waals surface area contributed by atoms with Crippen molar-refractivity contribution in [1.29, 1.82) is 0 Å². The Kier molecular flexibility index (Phi) is 7.91. The van der Waals surface area contributed by atoms with Crippen LogP contribution in [0.4, 0.5) is 34.1 Å². The smallest absolute Gasteiger partial charge is 0.252 e. The van der Waals surface area contributed by atoms with E-state index in [1.165, 1.54) is 55.5 Å². The highest BCUT2D eigenvalue weighted by molar-refractivity contribution is 7.00.